The molecule has 1 N–H and O–H groups in total. The van der Waals surface area contributed by atoms with Gasteiger partial charge in [0.25, 0.3) is 0 Å². The van der Waals surface area contributed by atoms with Crippen LogP contribution in [0, 0.1) is 12.7 Å². The number of amides is 1. The molecule has 4 nitrogen and oxygen atoms in total. The Morgan fingerprint density at radius 1 is 1.29 bits per heavy atom. The van der Waals surface area contributed by atoms with E-state index in [1.807, 2.05) is 0 Å². The molecular formula is C15H14F4N2O2S. The average molecular weight is 362 g/mol. The number of alkyl halides is 3. The molecule has 1 aromatic heterocycles. The fourth-order valence-corrected chi connectivity index (χ4v) is 2.71. The standard InChI is InChI=1S/C15H14F4N2O2S/c1-9-13(10-2-4-11(16)5-3-10)21-14(24-9)20-12(22)6-7-23-8-15(17,18)19/h2-5H,6-8H2,1H3,(H,20,21,22). The summed E-state index contributed by atoms with van der Waals surface area (Å²) in [5, 5.41) is 2.84. The van der Waals surface area contributed by atoms with Crippen LogP contribution in [0.2, 0.25) is 0 Å². The minimum atomic E-state index is -4.41. The number of anilines is 1. The number of hydrogen-bond acceptors (Lipinski definition) is 4. The van der Waals surface area contributed by atoms with Crippen LogP contribution >= 0.6 is 11.3 Å². The maximum atomic E-state index is 12.9. The zero-order chi connectivity index (χ0) is 17.7. The van der Waals surface area contributed by atoms with Crippen LogP contribution in [0.25, 0.3) is 11.3 Å². The molecule has 0 saturated heterocycles. The van der Waals surface area contributed by atoms with Crippen LogP contribution in [0.3, 0.4) is 0 Å². The number of aryl methyl sites for hydroxylation is 1. The summed E-state index contributed by atoms with van der Waals surface area (Å²) >= 11 is 1.23. The van der Waals surface area contributed by atoms with Gasteiger partial charge in [-0.3, -0.25) is 4.79 Å². The number of nitrogens with one attached hydrogen (secondary N) is 1. The molecule has 0 radical (unpaired) electrons. The number of carbonyl (C=O) groups is 1. The molecule has 130 valence electrons. The van der Waals surface area contributed by atoms with Crippen LogP contribution in [-0.2, 0) is 9.53 Å². The summed E-state index contributed by atoms with van der Waals surface area (Å²) < 4.78 is 53.0. The van der Waals surface area contributed by atoms with Crippen molar-refractivity contribution in [3.8, 4) is 11.3 Å². The van der Waals surface area contributed by atoms with E-state index in [2.05, 4.69) is 15.0 Å². The summed E-state index contributed by atoms with van der Waals surface area (Å²) in [7, 11) is 0. The molecule has 0 fully saturated rings. The lowest BCUT2D eigenvalue weighted by Gasteiger charge is -2.07. The minimum Gasteiger partial charge on any atom is -0.372 e. The molecule has 0 aliphatic carbocycles. The molecule has 9 heteroatoms. The lowest BCUT2D eigenvalue weighted by molar-refractivity contribution is -0.174. The van der Waals surface area contributed by atoms with Crippen molar-refractivity contribution in [3.05, 3.63) is 35.0 Å². The molecule has 1 heterocycles. The zero-order valence-electron chi connectivity index (χ0n) is 12.6. The van der Waals surface area contributed by atoms with Crippen LogP contribution in [0.1, 0.15) is 11.3 Å². The van der Waals surface area contributed by atoms with Crippen molar-refractivity contribution in [1.82, 2.24) is 4.98 Å². The quantitative estimate of drug-likeness (QED) is 0.620. The van der Waals surface area contributed by atoms with Gasteiger partial charge in [0, 0.05) is 10.4 Å². The number of aromatic nitrogens is 1. The third kappa shape index (κ3) is 5.57. The molecule has 0 unspecified atom stereocenters. The van der Waals surface area contributed by atoms with E-state index in [1.54, 1.807) is 19.1 Å². The van der Waals surface area contributed by atoms with Crippen molar-refractivity contribution in [2.24, 2.45) is 0 Å². The number of nitrogens with zero attached hydrogens (tertiary/aromatic N) is 1. The predicted molar refractivity (Wildman–Crippen MR) is 82.4 cm³/mol. The lowest BCUT2D eigenvalue weighted by atomic mass is 10.1. The van der Waals surface area contributed by atoms with Gasteiger partial charge in [-0.15, -0.1) is 11.3 Å². The van der Waals surface area contributed by atoms with E-state index in [9.17, 15) is 22.4 Å². The third-order valence-electron chi connectivity index (χ3n) is 2.90. The first-order chi connectivity index (χ1) is 11.2. The van der Waals surface area contributed by atoms with Crippen LogP contribution in [0.4, 0.5) is 22.7 Å². The molecule has 2 aromatic rings. The summed E-state index contributed by atoms with van der Waals surface area (Å²) in [6.07, 6.45) is -4.62. The van der Waals surface area contributed by atoms with Gasteiger partial charge in [0.15, 0.2) is 5.13 Å². The summed E-state index contributed by atoms with van der Waals surface area (Å²) in [5.41, 5.74) is 1.32. The Bertz CT molecular complexity index is 698. The Morgan fingerprint density at radius 3 is 2.58 bits per heavy atom. The molecule has 24 heavy (non-hydrogen) atoms. The van der Waals surface area contributed by atoms with Gasteiger partial charge < -0.3 is 10.1 Å². The van der Waals surface area contributed by atoms with Crippen molar-refractivity contribution >= 4 is 22.4 Å². The first-order valence-electron chi connectivity index (χ1n) is 6.92. The second kappa shape index (κ2) is 7.71. The average Bonchev–Trinajstić information content (AvgIpc) is 2.84. The van der Waals surface area contributed by atoms with E-state index < -0.39 is 18.7 Å². The molecule has 0 aliphatic heterocycles. The molecule has 0 saturated carbocycles. The van der Waals surface area contributed by atoms with Crippen molar-refractivity contribution in [1.29, 1.82) is 0 Å². The molecule has 1 aromatic carbocycles. The molecule has 0 aliphatic rings. The van der Waals surface area contributed by atoms with E-state index >= 15 is 0 Å². The largest absolute Gasteiger partial charge is 0.411 e. The zero-order valence-corrected chi connectivity index (χ0v) is 13.4. The topological polar surface area (TPSA) is 51.2 Å². The highest BCUT2D eigenvalue weighted by Gasteiger charge is 2.27. The van der Waals surface area contributed by atoms with Crippen molar-refractivity contribution in [2.45, 2.75) is 19.5 Å². The summed E-state index contributed by atoms with van der Waals surface area (Å²) in [5.74, 6) is -0.851. The van der Waals surface area contributed by atoms with Crippen molar-refractivity contribution < 1.29 is 27.1 Å². The number of thiazole rings is 1. The first kappa shape index (κ1) is 18.3. The molecule has 0 bridgehead atoms. The monoisotopic (exact) mass is 362 g/mol. The Balaban J connectivity index is 1.90. The van der Waals surface area contributed by atoms with Gasteiger partial charge in [-0.05, 0) is 31.2 Å². The highest BCUT2D eigenvalue weighted by atomic mass is 32.1. The normalized spacial score (nSPS) is 11.5. The van der Waals surface area contributed by atoms with Gasteiger partial charge in [0.2, 0.25) is 5.91 Å². The smallest absolute Gasteiger partial charge is 0.372 e. The lowest BCUT2D eigenvalue weighted by Crippen LogP contribution is -2.20. The second-order valence-corrected chi connectivity index (χ2v) is 6.10. The maximum absolute atomic E-state index is 12.9. The molecule has 2 rings (SSSR count). The van der Waals surface area contributed by atoms with Crippen molar-refractivity contribution in [3.63, 3.8) is 0 Å². The van der Waals surface area contributed by atoms with Gasteiger partial charge in [-0.25, -0.2) is 9.37 Å². The predicted octanol–water partition coefficient (Wildman–Crippen LogP) is 4.17. The van der Waals surface area contributed by atoms with Gasteiger partial charge in [-0.1, -0.05) is 0 Å². The SMILES string of the molecule is Cc1sc(NC(=O)CCOCC(F)(F)F)nc1-c1ccc(F)cc1. The number of rotatable bonds is 6. The third-order valence-corrected chi connectivity index (χ3v) is 3.79. The molecular weight excluding hydrogens is 348 g/mol. The van der Waals surface area contributed by atoms with Crippen LogP contribution in [0.5, 0.6) is 0 Å². The number of benzene rings is 1. The Morgan fingerprint density at radius 2 is 1.96 bits per heavy atom. The van der Waals surface area contributed by atoms with Crippen LogP contribution in [0.15, 0.2) is 24.3 Å². The summed E-state index contributed by atoms with van der Waals surface area (Å²) in [6.45, 7) is 0.0876. The minimum absolute atomic E-state index is 0.208. The van der Waals surface area contributed by atoms with E-state index in [4.69, 9.17) is 0 Å². The fraction of sp³-hybridized carbons (Fsp3) is 0.333. The van der Waals surface area contributed by atoms with E-state index in [1.165, 1.54) is 23.5 Å². The van der Waals surface area contributed by atoms with Gasteiger partial charge in [-0.2, -0.15) is 13.2 Å². The van der Waals surface area contributed by atoms with Gasteiger partial charge in [0.05, 0.1) is 18.7 Å². The van der Waals surface area contributed by atoms with Crippen LogP contribution < -0.4 is 5.32 Å². The van der Waals surface area contributed by atoms with Crippen molar-refractivity contribution in [2.75, 3.05) is 18.5 Å². The number of ether oxygens (including phenoxy) is 1. The highest BCUT2D eigenvalue weighted by molar-refractivity contribution is 7.16. The first-order valence-corrected chi connectivity index (χ1v) is 7.74. The fourth-order valence-electron chi connectivity index (χ4n) is 1.86. The molecule has 1 amide bonds. The maximum Gasteiger partial charge on any atom is 0.411 e. The van der Waals surface area contributed by atoms with Gasteiger partial charge >= 0.3 is 6.18 Å². The summed E-state index contributed by atoms with van der Waals surface area (Å²) in [6, 6.07) is 5.77. The Hall–Kier alpha value is -2.00. The van der Waals surface area contributed by atoms with Crippen LogP contribution in [-0.4, -0.2) is 30.3 Å². The molecule has 0 atom stereocenters. The van der Waals surface area contributed by atoms with E-state index in [0.29, 0.717) is 16.4 Å². The number of hydrogen-bond donors (Lipinski definition) is 1. The Kier molecular flexibility index (Phi) is 5.89. The number of carbonyl (C=O) groups excluding carboxylic acids is 1. The van der Waals surface area contributed by atoms with E-state index in [-0.39, 0.29) is 18.8 Å². The second-order valence-electron chi connectivity index (χ2n) is 4.90. The number of halogens is 4. The van der Waals surface area contributed by atoms with E-state index in [0.717, 1.165) is 4.88 Å². The summed E-state index contributed by atoms with van der Waals surface area (Å²) in [4.78, 5) is 16.8. The molecule has 0 spiro atoms. The Labute approximate surface area is 139 Å². The van der Waals surface area contributed by atoms with Gasteiger partial charge in [0.1, 0.15) is 12.4 Å². The highest BCUT2D eigenvalue weighted by Crippen LogP contribution is 2.30.